The van der Waals surface area contributed by atoms with Gasteiger partial charge in [0, 0.05) is 34.9 Å². The number of hydrogen-bond donors (Lipinski definition) is 2. The first-order valence-corrected chi connectivity index (χ1v) is 10.4. The van der Waals surface area contributed by atoms with Crippen molar-refractivity contribution >= 4 is 17.2 Å². The van der Waals surface area contributed by atoms with E-state index in [1.165, 1.54) is 25.0 Å². The number of alkyl halides is 3. The van der Waals surface area contributed by atoms with E-state index >= 15 is 0 Å². The lowest BCUT2D eigenvalue weighted by molar-refractivity contribution is -0.137. The van der Waals surface area contributed by atoms with E-state index in [-0.39, 0.29) is 11.9 Å². The molecule has 2 atom stereocenters. The Kier molecular flexibility index (Phi) is 5.56. The molecule has 1 amide bonds. The summed E-state index contributed by atoms with van der Waals surface area (Å²) in [6.45, 7) is 3.93. The first kappa shape index (κ1) is 21.4. The molecule has 2 aliphatic heterocycles. The number of carbonyl (C=O) groups excluding carboxylic acids is 1. The molecular formula is C24H26F3N3O. The Balaban J connectivity index is 1.45. The highest BCUT2D eigenvalue weighted by Gasteiger charge is 2.39. The van der Waals surface area contributed by atoms with E-state index < -0.39 is 11.7 Å². The molecule has 2 aromatic carbocycles. The Bertz CT molecular complexity index is 986. The molecule has 0 saturated carbocycles. The summed E-state index contributed by atoms with van der Waals surface area (Å²) in [7, 11) is 2.15. The Labute approximate surface area is 179 Å². The molecule has 2 saturated heterocycles. The van der Waals surface area contributed by atoms with Gasteiger partial charge in [0.05, 0.1) is 5.56 Å². The van der Waals surface area contributed by atoms with Crippen molar-refractivity contribution in [2.24, 2.45) is 0 Å². The second kappa shape index (κ2) is 8.04. The molecule has 0 aromatic heterocycles. The van der Waals surface area contributed by atoms with E-state index in [9.17, 15) is 18.0 Å². The van der Waals surface area contributed by atoms with Crippen LogP contribution in [0.25, 0.3) is 16.7 Å². The first-order chi connectivity index (χ1) is 14.6. The summed E-state index contributed by atoms with van der Waals surface area (Å²) >= 11 is 0. The summed E-state index contributed by atoms with van der Waals surface area (Å²) in [5.41, 5.74) is 7.95. The molecular weight excluding hydrogens is 403 g/mol. The van der Waals surface area contributed by atoms with Crippen LogP contribution < -0.4 is 11.1 Å². The molecule has 31 heavy (non-hydrogen) atoms. The highest BCUT2D eigenvalue weighted by molar-refractivity contribution is 6.20. The zero-order chi connectivity index (χ0) is 22.3. The number of benzene rings is 2. The molecule has 4 rings (SSSR count). The molecule has 2 heterocycles. The van der Waals surface area contributed by atoms with Crippen LogP contribution >= 0.6 is 0 Å². The highest BCUT2D eigenvalue weighted by Crippen LogP contribution is 2.35. The number of nitrogen functional groups attached to an aromatic ring is 1. The van der Waals surface area contributed by atoms with Gasteiger partial charge in [-0.2, -0.15) is 13.2 Å². The van der Waals surface area contributed by atoms with Gasteiger partial charge >= 0.3 is 6.18 Å². The Morgan fingerprint density at radius 3 is 2.19 bits per heavy atom. The number of rotatable bonds is 4. The molecule has 2 bridgehead atoms. The van der Waals surface area contributed by atoms with Crippen LogP contribution in [-0.4, -0.2) is 36.0 Å². The molecule has 2 fully saturated rings. The lowest BCUT2D eigenvalue weighted by atomic mass is 9.96. The maximum Gasteiger partial charge on any atom is 0.416 e. The number of nitrogens with two attached hydrogens (primary N) is 1. The standard InChI is InChI=1S/C24H26F3N3O/c1-14(23(31)29-18-12-19-8-9-20(13-18)30(19)2)21-10-5-16(11-22(21)28)15-3-6-17(7-4-15)24(25,26)27/h3-7,10-11,18-20H,1,8-9,12-13,28H2,2H3,(H,29,31). The number of hydrogen-bond acceptors (Lipinski definition) is 3. The predicted molar refractivity (Wildman–Crippen MR) is 116 cm³/mol. The third-order valence-electron chi connectivity index (χ3n) is 6.63. The zero-order valence-electron chi connectivity index (χ0n) is 17.4. The van der Waals surface area contributed by atoms with E-state index in [2.05, 4.69) is 23.8 Å². The van der Waals surface area contributed by atoms with Gasteiger partial charge in [-0.25, -0.2) is 0 Å². The summed E-state index contributed by atoms with van der Waals surface area (Å²) in [6.07, 6.45) is -0.151. The van der Waals surface area contributed by atoms with Gasteiger partial charge in [-0.1, -0.05) is 30.8 Å². The van der Waals surface area contributed by atoms with Crippen LogP contribution in [0.4, 0.5) is 18.9 Å². The fourth-order valence-electron chi connectivity index (χ4n) is 4.79. The van der Waals surface area contributed by atoms with Crippen LogP contribution in [0.5, 0.6) is 0 Å². The fraction of sp³-hybridized carbons (Fsp3) is 0.375. The lowest BCUT2D eigenvalue weighted by Crippen LogP contribution is -2.48. The number of anilines is 1. The minimum Gasteiger partial charge on any atom is -0.398 e. The predicted octanol–water partition coefficient (Wildman–Crippen LogP) is 4.71. The Hall–Kier alpha value is -2.80. The van der Waals surface area contributed by atoms with Crippen LogP contribution in [0.15, 0.2) is 49.0 Å². The molecule has 0 aliphatic carbocycles. The summed E-state index contributed by atoms with van der Waals surface area (Å²) in [6, 6.07) is 11.2. The quantitative estimate of drug-likeness (QED) is 0.547. The van der Waals surface area contributed by atoms with Crippen LogP contribution in [0, 0.1) is 0 Å². The Morgan fingerprint density at radius 2 is 1.65 bits per heavy atom. The van der Waals surface area contributed by atoms with Crippen LogP contribution in [0.3, 0.4) is 0 Å². The number of fused-ring (bicyclic) bond motifs is 2. The van der Waals surface area contributed by atoms with E-state index in [1.54, 1.807) is 18.2 Å². The topological polar surface area (TPSA) is 58.4 Å². The van der Waals surface area contributed by atoms with Gasteiger partial charge in [-0.05, 0) is 62.1 Å². The summed E-state index contributed by atoms with van der Waals surface area (Å²) in [4.78, 5) is 15.2. The van der Waals surface area contributed by atoms with Gasteiger partial charge in [0.2, 0.25) is 0 Å². The maximum atomic E-state index is 12.8. The fourth-order valence-corrected chi connectivity index (χ4v) is 4.79. The summed E-state index contributed by atoms with van der Waals surface area (Å²) in [5.74, 6) is -0.233. The van der Waals surface area contributed by atoms with E-state index in [1.807, 2.05) is 0 Å². The number of amides is 1. The average Bonchev–Trinajstić information content (AvgIpc) is 2.93. The van der Waals surface area contributed by atoms with E-state index in [0.717, 1.165) is 25.0 Å². The zero-order valence-corrected chi connectivity index (χ0v) is 17.4. The van der Waals surface area contributed by atoms with Crippen LogP contribution in [-0.2, 0) is 11.0 Å². The van der Waals surface area contributed by atoms with Crippen molar-refractivity contribution in [2.75, 3.05) is 12.8 Å². The second-order valence-electron chi connectivity index (χ2n) is 8.55. The molecule has 3 N–H and O–H groups in total. The van der Waals surface area contributed by atoms with Gasteiger partial charge in [-0.15, -0.1) is 0 Å². The summed E-state index contributed by atoms with van der Waals surface area (Å²) < 4.78 is 38.3. The first-order valence-electron chi connectivity index (χ1n) is 10.4. The van der Waals surface area contributed by atoms with Crippen molar-refractivity contribution < 1.29 is 18.0 Å². The van der Waals surface area contributed by atoms with Gasteiger partial charge in [0.25, 0.3) is 5.91 Å². The summed E-state index contributed by atoms with van der Waals surface area (Å²) in [5, 5.41) is 3.11. The number of piperidine rings is 1. The van der Waals surface area contributed by atoms with Gasteiger partial charge in [-0.3, -0.25) is 4.79 Å². The number of nitrogens with one attached hydrogen (secondary N) is 1. The molecule has 2 aromatic rings. The van der Waals surface area contributed by atoms with E-state index in [0.29, 0.717) is 40.0 Å². The van der Waals surface area contributed by atoms with Gasteiger partial charge < -0.3 is 16.0 Å². The van der Waals surface area contributed by atoms with Gasteiger partial charge in [0.1, 0.15) is 0 Å². The molecule has 2 aliphatic rings. The Morgan fingerprint density at radius 1 is 1.06 bits per heavy atom. The monoisotopic (exact) mass is 429 g/mol. The van der Waals surface area contributed by atoms with Crippen molar-refractivity contribution in [3.8, 4) is 11.1 Å². The van der Waals surface area contributed by atoms with E-state index in [4.69, 9.17) is 5.73 Å². The normalized spacial score (nSPS) is 23.5. The van der Waals surface area contributed by atoms with Crippen molar-refractivity contribution in [3.05, 3.63) is 60.2 Å². The van der Waals surface area contributed by atoms with Crippen LogP contribution in [0.2, 0.25) is 0 Å². The molecule has 0 radical (unpaired) electrons. The number of carbonyl (C=O) groups is 1. The molecule has 164 valence electrons. The molecule has 4 nitrogen and oxygen atoms in total. The molecule has 0 spiro atoms. The van der Waals surface area contributed by atoms with Crippen molar-refractivity contribution in [2.45, 2.75) is 50.0 Å². The number of halogens is 3. The van der Waals surface area contributed by atoms with Crippen molar-refractivity contribution in [3.63, 3.8) is 0 Å². The number of nitrogens with zero attached hydrogens (tertiary/aromatic N) is 1. The minimum atomic E-state index is -4.38. The van der Waals surface area contributed by atoms with Gasteiger partial charge in [0.15, 0.2) is 0 Å². The average molecular weight is 429 g/mol. The largest absolute Gasteiger partial charge is 0.416 e. The lowest BCUT2D eigenvalue weighted by Gasteiger charge is -2.36. The second-order valence-corrected chi connectivity index (χ2v) is 8.55. The van der Waals surface area contributed by atoms with Crippen LogP contribution in [0.1, 0.15) is 36.8 Å². The maximum absolute atomic E-state index is 12.8. The van der Waals surface area contributed by atoms with Crippen molar-refractivity contribution in [1.82, 2.24) is 10.2 Å². The molecule has 2 unspecified atom stereocenters. The van der Waals surface area contributed by atoms with Crippen molar-refractivity contribution in [1.29, 1.82) is 0 Å². The SMILES string of the molecule is C=C(C(=O)NC1CC2CCC(C1)N2C)c1ccc(-c2ccc(C(F)(F)F)cc2)cc1N. The smallest absolute Gasteiger partial charge is 0.398 e. The molecule has 7 heteroatoms. The minimum absolute atomic E-state index is 0.130. The third-order valence-corrected chi connectivity index (χ3v) is 6.63. The third kappa shape index (κ3) is 4.32. The highest BCUT2D eigenvalue weighted by atomic mass is 19.4.